The molecule has 1 aliphatic rings. The van der Waals surface area contributed by atoms with Crippen LogP contribution in [0.5, 0.6) is 0 Å². The van der Waals surface area contributed by atoms with Gasteiger partial charge in [0.2, 0.25) is 0 Å². The molecule has 0 amide bonds. The van der Waals surface area contributed by atoms with Crippen LogP contribution in [0.1, 0.15) is 18.5 Å². The summed E-state index contributed by atoms with van der Waals surface area (Å²) in [6.45, 7) is 2.63. The number of hydrogen-bond donors (Lipinski definition) is 0. The summed E-state index contributed by atoms with van der Waals surface area (Å²) in [5.41, 5.74) is 1.71. The van der Waals surface area contributed by atoms with Crippen molar-refractivity contribution in [3.63, 3.8) is 0 Å². The van der Waals surface area contributed by atoms with Crippen molar-refractivity contribution in [2.45, 2.75) is 25.9 Å². The molecule has 0 N–H and O–H groups in total. The first-order valence-electron chi connectivity index (χ1n) is 6.58. The molecule has 1 saturated heterocycles. The summed E-state index contributed by atoms with van der Waals surface area (Å²) in [5.74, 6) is -0.473. The summed E-state index contributed by atoms with van der Waals surface area (Å²) in [7, 11) is 0. The van der Waals surface area contributed by atoms with E-state index < -0.39 is 12.1 Å². The third kappa shape index (κ3) is 2.32. The fourth-order valence-corrected chi connectivity index (χ4v) is 2.69. The standard InChI is InChI=1S/C13H15F3N4/c1-9-8-11-12(17-4-7-20(11)18-9)19-5-2-10(3-6-19)13(14,15)16/h4,7-8,10H,2-3,5-6H2,1H3. The van der Waals surface area contributed by atoms with Crippen LogP contribution in [0.4, 0.5) is 19.0 Å². The molecule has 0 atom stereocenters. The average Bonchev–Trinajstić information content (AvgIpc) is 2.78. The SMILES string of the molecule is Cc1cc2c(N3CCC(C(F)(F)F)CC3)nccn2n1. The Hall–Kier alpha value is -1.79. The molecule has 0 spiro atoms. The van der Waals surface area contributed by atoms with Crippen molar-refractivity contribution in [1.29, 1.82) is 0 Å². The number of aromatic nitrogens is 3. The number of nitrogens with zero attached hydrogens (tertiary/aromatic N) is 4. The molecule has 0 radical (unpaired) electrons. The van der Waals surface area contributed by atoms with Crippen molar-refractivity contribution < 1.29 is 13.2 Å². The zero-order chi connectivity index (χ0) is 14.3. The maximum Gasteiger partial charge on any atom is 0.391 e. The lowest BCUT2D eigenvalue weighted by molar-refractivity contribution is -0.179. The van der Waals surface area contributed by atoms with Crippen molar-refractivity contribution in [3.05, 3.63) is 24.2 Å². The Kier molecular flexibility index (Phi) is 3.07. The van der Waals surface area contributed by atoms with Crippen LogP contribution in [-0.2, 0) is 0 Å². The molecule has 0 aromatic carbocycles. The maximum absolute atomic E-state index is 12.7. The van der Waals surface area contributed by atoms with Crippen LogP contribution in [0, 0.1) is 12.8 Å². The minimum Gasteiger partial charge on any atom is -0.355 e. The van der Waals surface area contributed by atoms with E-state index in [-0.39, 0.29) is 12.8 Å². The Morgan fingerprint density at radius 2 is 1.95 bits per heavy atom. The Morgan fingerprint density at radius 1 is 1.25 bits per heavy atom. The second-order valence-corrected chi connectivity index (χ2v) is 5.17. The second kappa shape index (κ2) is 4.64. The van der Waals surface area contributed by atoms with Gasteiger partial charge in [-0.05, 0) is 25.8 Å². The van der Waals surface area contributed by atoms with Crippen molar-refractivity contribution in [2.75, 3.05) is 18.0 Å². The van der Waals surface area contributed by atoms with Gasteiger partial charge in [0.1, 0.15) is 5.52 Å². The fraction of sp³-hybridized carbons (Fsp3) is 0.538. The molecule has 3 heterocycles. The van der Waals surface area contributed by atoms with Crippen molar-refractivity contribution in [1.82, 2.24) is 14.6 Å². The monoisotopic (exact) mass is 284 g/mol. The number of aryl methyl sites for hydroxylation is 1. The van der Waals surface area contributed by atoms with Crippen molar-refractivity contribution in [2.24, 2.45) is 5.92 Å². The average molecular weight is 284 g/mol. The number of rotatable bonds is 1. The van der Waals surface area contributed by atoms with Gasteiger partial charge >= 0.3 is 6.18 Å². The topological polar surface area (TPSA) is 33.4 Å². The number of anilines is 1. The van der Waals surface area contributed by atoms with Crippen LogP contribution in [0.25, 0.3) is 5.52 Å². The van der Waals surface area contributed by atoms with E-state index in [0.29, 0.717) is 18.9 Å². The van der Waals surface area contributed by atoms with Crippen LogP contribution in [0.3, 0.4) is 0 Å². The lowest BCUT2D eigenvalue weighted by Crippen LogP contribution is -2.39. The first kappa shape index (κ1) is 13.2. The van der Waals surface area contributed by atoms with Crippen LogP contribution >= 0.6 is 0 Å². The van der Waals surface area contributed by atoms with E-state index in [0.717, 1.165) is 11.2 Å². The highest BCUT2D eigenvalue weighted by molar-refractivity contribution is 5.69. The fourth-order valence-electron chi connectivity index (χ4n) is 2.69. The summed E-state index contributed by atoms with van der Waals surface area (Å²) in [5, 5.41) is 4.29. The molecule has 20 heavy (non-hydrogen) atoms. The molecule has 0 aliphatic carbocycles. The normalized spacial score (nSPS) is 17.9. The van der Waals surface area contributed by atoms with Crippen molar-refractivity contribution >= 4 is 11.3 Å². The highest BCUT2D eigenvalue weighted by Gasteiger charge is 2.41. The van der Waals surface area contributed by atoms with Gasteiger partial charge in [-0.3, -0.25) is 0 Å². The lowest BCUT2D eigenvalue weighted by Gasteiger charge is -2.33. The second-order valence-electron chi connectivity index (χ2n) is 5.17. The molecule has 0 saturated carbocycles. The maximum atomic E-state index is 12.7. The summed E-state index contributed by atoms with van der Waals surface area (Å²) in [4.78, 5) is 6.23. The quantitative estimate of drug-likeness (QED) is 0.807. The first-order valence-corrected chi connectivity index (χ1v) is 6.58. The van der Waals surface area contributed by atoms with Gasteiger partial charge in [-0.1, -0.05) is 0 Å². The number of halogens is 3. The van der Waals surface area contributed by atoms with E-state index in [9.17, 15) is 13.2 Å². The number of fused-ring (bicyclic) bond motifs is 1. The van der Waals surface area contributed by atoms with Gasteiger partial charge in [0.15, 0.2) is 5.82 Å². The van der Waals surface area contributed by atoms with E-state index >= 15 is 0 Å². The largest absolute Gasteiger partial charge is 0.391 e. The molecule has 4 nitrogen and oxygen atoms in total. The van der Waals surface area contributed by atoms with Gasteiger partial charge in [0.25, 0.3) is 0 Å². The predicted octanol–water partition coefficient (Wildman–Crippen LogP) is 2.82. The van der Waals surface area contributed by atoms with E-state index in [1.807, 2.05) is 17.9 Å². The zero-order valence-corrected chi connectivity index (χ0v) is 11.1. The molecule has 108 valence electrons. The highest BCUT2D eigenvalue weighted by atomic mass is 19.4. The van der Waals surface area contributed by atoms with Gasteiger partial charge in [0.05, 0.1) is 11.6 Å². The minimum atomic E-state index is -4.08. The Bertz CT molecular complexity index is 612. The van der Waals surface area contributed by atoms with Gasteiger partial charge in [0, 0.05) is 25.5 Å². The van der Waals surface area contributed by atoms with Gasteiger partial charge in [-0.25, -0.2) is 9.50 Å². The zero-order valence-electron chi connectivity index (χ0n) is 11.1. The van der Waals surface area contributed by atoms with E-state index in [1.54, 1.807) is 16.9 Å². The highest BCUT2D eigenvalue weighted by Crippen LogP contribution is 2.35. The molecular formula is C13H15F3N4. The van der Waals surface area contributed by atoms with Crippen molar-refractivity contribution in [3.8, 4) is 0 Å². The van der Waals surface area contributed by atoms with Crippen LogP contribution in [-0.4, -0.2) is 33.9 Å². The van der Waals surface area contributed by atoms with E-state index in [4.69, 9.17) is 0 Å². The summed E-state index contributed by atoms with van der Waals surface area (Å²) < 4.78 is 39.8. The van der Waals surface area contributed by atoms with Crippen LogP contribution in [0.15, 0.2) is 18.5 Å². The number of hydrogen-bond acceptors (Lipinski definition) is 3. The lowest BCUT2D eigenvalue weighted by atomic mass is 9.96. The Labute approximate surface area is 114 Å². The molecule has 1 aliphatic heterocycles. The third-order valence-electron chi connectivity index (χ3n) is 3.75. The molecule has 0 unspecified atom stereocenters. The first-order chi connectivity index (χ1) is 9.45. The van der Waals surface area contributed by atoms with E-state index in [1.165, 1.54) is 0 Å². The van der Waals surface area contributed by atoms with Gasteiger partial charge in [-0.2, -0.15) is 18.3 Å². The summed E-state index contributed by atoms with van der Waals surface area (Å²) in [6, 6.07) is 1.90. The minimum absolute atomic E-state index is 0.124. The van der Waals surface area contributed by atoms with Crippen LogP contribution < -0.4 is 4.90 Å². The van der Waals surface area contributed by atoms with Crippen LogP contribution in [0.2, 0.25) is 0 Å². The molecule has 2 aromatic heterocycles. The van der Waals surface area contributed by atoms with Gasteiger partial charge < -0.3 is 4.90 Å². The van der Waals surface area contributed by atoms with Gasteiger partial charge in [-0.15, -0.1) is 0 Å². The summed E-state index contributed by atoms with van der Waals surface area (Å²) in [6.07, 6.45) is -0.462. The number of alkyl halides is 3. The number of piperidine rings is 1. The molecular weight excluding hydrogens is 269 g/mol. The summed E-state index contributed by atoms with van der Waals surface area (Å²) >= 11 is 0. The molecule has 3 rings (SSSR count). The molecule has 7 heteroatoms. The Morgan fingerprint density at radius 3 is 2.60 bits per heavy atom. The molecule has 2 aromatic rings. The smallest absolute Gasteiger partial charge is 0.355 e. The molecule has 0 bridgehead atoms. The predicted molar refractivity (Wildman–Crippen MR) is 68.7 cm³/mol. The van der Waals surface area contributed by atoms with E-state index in [2.05, 4.69) is 10.1 Å². The Balaban J connectivity index is 1.83. The molecule has 1 fully saturated rings. The third-order valence-corrected chi connectivity index (χ3v) is 3.75.